The Kier molecular flexibility index (Phi) is 5.66. The van der Waals surface area contributed by atoms with E-state index in [1.54, 1.807) is 0 Å². The van der Waals surface area contributed by atoms with E-state index in [1.807, 2.05) is 7.05 Å². The summed E-state index contributed by atoms with van der Waals surface area (Å²) in [5.41, 5.74) is 2.71. The van der Waals surface area contributed by atoms with Crippen LogP contribution in [0.3, 0.4) is 0 Å². The van der Waals surface area contributed by atoms with Gasteiger partial charge in [-0.1, -0.05) is 43.7 Å². The predicted molar refractivity (Wildman–Crippen MR) is 75.3 cm³/mol. The van der Waals surface area contributed by atoms with Gasteiger partial charge < -0.3 is 10.2 Å². The first-order valence-electron chi connectivity index (χ1n) is 6.45. The molecule has 0 fully saturated rings. The van der Waals surface area contributed by atoms with Gasteiger partial charge >= 0.3 is 0 Å². The molecule has 1 atom stereocenters. The zero-order valence-electron chi connectivity index (χ0n) is 11.8. The summed E-state index contributed by atoms with van der Waals surface area (Å²) < 4.78 is 0. The molecular formula is C15H26N2. The zero-order valence-corrected chi connectivity index (χ0v) is 11.8. The lowest BCUT2D eigenvalue weighted by Gasteiger charge is -2.25. The van der Waals surface area contributed by atoms with Gasteiger partial charge in [-0.25, -0.2) is 0 Å². The molecule has 2 heteroatoms. The summed E-state index contributed by atoms with van der Waals surface area (Å²) in [4.78, 5) is 2.40. The van der Waals surface area contributed by atoms with Crippen LogP contribution < -0.4 is 5.32 Å². The summed E-state index contributed by atoms with van der Waals surface area (Å²) in [6.07, 6.45) is 0. The van der Waals surface area contributed by atoms with Crippen LogP contribution in [0.5, 0.6) is 0 Å². The van der Waals surface area contributed by atoms with Crippen molar-refractivity contribution in [3.05, 3.63) is 35.4 Å². The third-order valence-corrected chi connectivity index (χ3v) is 2.96. The predicted octanol–water partition coefficient (Wildman–Crippen LogP) is 2.84. The van der Waals surface area contributed by atoms with Gasteiger partial charge in [0.1, 0.15) is 0 Å². The van der Waals surface area contributed by atoms with Gasteiger partial charge in [0.05, 0.1) is 0 Å². The third-order valence-electron chi connectivity index (χ3n) is 2.96. The molecular weight excluding hydrogens is 208 g/mol. The molecule has 0 saturated carbocycles. The highest BCUT2D eigenvalue weighted by Crippen LogP contribution is 2.15. The van der Waals surface area contributed by atoms with E-state index in [9.17, 15) is 0 Å². The quantitative estimate of drug-likeness (QED) is 0.814. The number of rotatable bonds is 6. The fourth-order valence-electron chi connectivity index (χ4n) is 2.26. The Morgan fingerprint density at radius 1 is 1.24 bits per heavy atom. The molecule has 0 radical (unpaired) electrons. The Labute approximate surface area is 106 Å². The zero-order chi connectivity index (χ0) is 12.8. The third kappa shape index (κ3) is 4.88. The highest BCUT2D eigenvalue weighted by Gasteiger charge is 2.12. The Morgan fingerprint density at radius 2 is 1.94 bits per heavy atom. The molecule has 0 spiro atoms. The van der Waals surface area contributed by atoms with Crippen LogP contribution in [-0.2, 0) is 0 Å². The molecule has 0 heterocycles. The lowest BCUT2D eigenvalue weighted by molar-refractivity contribution is 0.267. The van der Waals surface area contributed by atoms with Crippen molar-refractivity contribution in [2.45, 2.75) is 26.8 Å². The van der Waals surface area contributed by atoms with Crippen LogP contribution in [0.25, 0.3) is 0 Å². The minimum atomic E-state index is 0.415. The van der Waals surface area contributed by atoms with Crippen LogP contribution in [-0.4, -0.2) is 32.1 Å². The molecule has 0 aliphatic heterocycles. The first-order valence-corrected chi connectivity index (χ1v) is 6.45. The van der Waals surface area contributed by atoms with Gasteiger partial charge in [0.25, 0.3) is 0 Å². The van der Waals surface area contributed by atoms with Gasteiger partial charge in [-0.15, -0.1) is 0 Å². The van der Waals surface area contributed by atoms with Crippen molar-refractivity contribution in [3.8, 4) is 0 Å². The topological polar surface area (TPSA) is 15.3 Å². The second-order valence-electron chi connectivity index (χ2n) is 5.37. The summed E-state index contributed by atoms with van der Waals surface area (Å²) in [6.45, 7) is 8.87. The molecule has 0 bridgehead atoms. The van der Waals surface area contributed by atoms with Crippen LogP contribution in [0, 0.1) is 12.8 Å². The molecule has 1 rings (SSSR count). The van der Waals surface area contributed by atoms with Gasteiger partial charge in [0.2, 0.25) is 0 Å². The van der Waals surface area contributed by atoms with Crippen molar-refractivity contribution in [2.24, 2.45) is 5.92 Å². The molecule has 0 aromatic heterocycles. The number of aryl methyl sites for hydroxylation is 1. The lowest BCUT2D eigenvalue weighted by Crippen LogP contribution is -2.33. The van der Waals surface area contributed by atoms with Crippen LogP contribution >= 0.6 is 0 Å². The average Bonchev–Trinajstić information content (AvgIpc) is 2.24. The maximum absolute atomic E-state index is 3.41. The molecule has 2 nitrogen and oxygen atoms in total. The Morgan fingerprint density at radius 3 is 2.47 bits per heavy atom. The van der Waals surface area contributed by atoms with Gasteiger partial charge in [-0.3, -0.25) is 0 Å². The summed E-state index contributed by atoms with van der Waals surface area (Å²) in [5, 5.41) is 3.41. The van der Waals surface area contributed by atoms with Gasteiger partial charge in [-0.2, -0.15) is 0 Å². The lowest BCUT2D eigenvalue weighted by atomic mass is 10.0. The van der Waals surface area contributed by atoms with Crippen molar-refractivity contribution < 1.29 is 0 Å². The highest BCUT2D eigenvalue weighted by molar-refractivity contribution is 5.25. The fourth-order valence-corrected chi connectivity index (χ4v) is 2.26. The maximum atomic E-state index is 3.41. The Balaban J connectivity index is 2.65. The van der Waals surface area contributed by atoms with Crippen LogP contribution in [0.1, 0.15) is 31.0 Å². The highest BCUT2D eigenvalue weighted by atomic mass is 15.1. The number of likely N-dealkylation sites (N-methyl/N-ethyl adjacent to an activating group) is 2. The van der Waals surface area contributed by atoms with Gasteiger partial charge in [0.15, 0.2) is 0 Å². The van der Waals surface area contributed by atoms with Crippen molar-refractivity contribution in [2.75, 3.05) is 27.2 Å². The molecule has 0 aliphatic rings. The maximum Gasteiger partial charge on any atom is 0.0446 e. The minimum absolute atomic E-state index is 0.415. The fraction of sp³-hybridized carbons (Fsp3) is 0.600. The van der Waals surface area contributed by atoms with E-state index < -0.39 is 0 Å². The molecule has 0 aliphatic carbocycles. The van der Waals surface area contributed by atoms with Crippen molar-refractivity contribution in [3.63, 3.8) is 0 Å². The van der Waals surface area contributed by atoms with Crippen LogP contribution in [0.4, 0.5) is 0 Å². The van der Waals surface area contributed by atoms with E-state index in [1.165, 1.54) is 11.1 Å². The van der Waals surface area contributed by atoms with Crippen LogP contribution in [0.15, 0.2) is 24.3 Å². The van der Waals surface area contributed by atoms with E-state index in [0.29, 0.717) is 6.04 Å². The number of nitrogens with one attached hydrogen (secondary N) is 1. The van der Waals surface area contributed by atoms with Crippen molar-refractivity contribution in [1.82, 2.24) is 10.2 Å². The second kappa shape index (κ2) is 6.77. The first-order chi connectivity index (χ1) is 8.02. The molecule has 0 amide bonds. The second-order valence-corrected chi connectivity index (χ2v) is 5.37. The summed E-state index contributed by atoms with van der Waals surface area (Å²) >= 11 is 0. The molecule has 1 aromatic carbocycles. The number of benzene rings is 1. The summed E-state index contributed by atoms with van der Waals surface area (Å²) in [5.74, 6) is 0.718. The van der Waals surface area contributed by atoms with Crippen LogP contribution in [0.2, 0.25) is 0 Å². The Hall–Kier alpha value is -0.860. The number of hydrogen-bond acceptors (Lipinski definition) is 2. The average molecular weight is 234 g/mol. The monoisotopic (exact) mass is 234 g/mol. The summed E-state index contributed by atoms with van der Waals surface area (Å²) in [7, 11) is 4.23. The van der Waals surface area contributed by atoms with E-state index >= 15 is 0 Å². The standard InChI is InChI=1S/C15H26N2/c1-12(2)10-17(5)11-15(16-4)14-8-6-7-13(3)9-14/h6-9,12,15-16H,10-11H2,1-5H3. The van der Waals surface area contributed by atoms with Crippen molar-refractivity contribution in [1.29, 1.82) is 0 Å². The first kappa shape index (κ1) is 14.2. The SMILES string of the molecule is CNC(CN(C)CC(C)C)c1cccc(C)c1. The Bertz CT molecular complexity index is 333. The molecule has 96 valence electrons. The normalized spacial score (nSPS) is 13.4. The summed E-state index contributed by atoms with van der Waals surface area (Å²) in [6, 6.07) is 9.17. The molecule has 0 saturated heterocycles. The van der Waals surface area contributed by atoms with Crippen molar-refractivity contribution >= 4 is 0 Å². The number of hydrogen-bond donors (Lipinski definition) is 1. The van der Waals surface area contributed by atoms with E-state index in [0.717, 1.165) is 19.0 Å². The van der Waals surface area contributed by atoms with E-state index in [4.69, 9.17) is 0 Å². The van der Waals surface area contributed by atoms with Gasteiger partial charge in [-0.05, 0) is 32.5 Å². The van der Waals surface area contributed by atoms with E-state index in [2.05, 4.69) is 62.3 Å². The largest absolute Gasteiger partial charge is 0.312 e. The van der Waals surface area contributed by atoms with Gasteiger partial charge in [0, 0.05) is 19.1 Å². The molecule has 1 aromatic rings. The van der Waals surface area contributed by atoms with E-state index in [-0.39, 0.29) is 0 Å². The molecule has 1 N–H and O–H groups in total. The molecule has 1 unspecified atom stereocenters. The minimum Gasteiger partial charge on any atom is -0.312 e. The smallest absolute Gasteiger partial charge is 0.0446 e. The molecule has 17 heavy (non-hydrogen) atoms. The number of nitrogens with zero attached hydrogens (tertiary/aromatic N) is 1.